The first-order valence-corrected chi connectivity index (χ1v) is 8.71. The van der Waals surface area contributed by atoms with Gasteiger partial charge in [0.2, 0.25) is 0 Å². The van der Waals surface area contributed by atoms with Crippen LogP contribution in [0.2, 0.25) is 0 Å². The van der Waals surface area contributed by atoms with E-state index in [1.54, 1.807) is 18.4 Å². The van der Waals surface area contributed by atoms with Crippen LogP contribution >= 0.6 is 11.3 Å². The number of imidazole rings is 1. The van der Waals surface area contributed by atoms with Gasteiger partial charge in [-0.15, -0.1) is 0 Å². The van der Waals surface area contributed by atoms with Crippen LogP contribution in [0.25, 0.3) is 16.0 Å². The molecule has 0 fully saturated rings. The van der Waals surface area contributed by atoms with Gasteiger partial charge in [-0.05, 0) is 0 Å². The molecule has 8 heteroatoms. The first-order valence-electron chi connectivity index (χ1n) is 6.30. The van der Waals surface area contributed by atoms with Crippen LogP contribution in [0.15, 0.2) is 29.8 Å². The van der Waals surface area contributed by atoms with Gasteiger partial charge >= 0.3 is 130 Å². The van der Waals surface area contributed by atoms with Gasteiger partial charge in [-0.1, -0.05) is 0 Å². The zero-order valence-corrected chi connectivity index (χ0v) is 13.6. The third-order valence-corrected chi connectivity index (χ3v) is 5.14. The first-order chi connectivity index (χ1) is 10.4. The molecule has 4 aromatic rings. The van der Waals surface area contributed by atoms with Crippen LogP contribution in [-0.2, 0) is 6.54 Å². The number of methoxy groups -OCH3 is 1. The number of benzene rings is 1. The Kier molecular flexibility index (Phi) is 3.14. The quantitative estimate of drug-likeness (QED) is 0.562. The van der Waals surface area contributed by atoms with Crippen molar-refractivity contribution in [2.45, 2.75) is 6.54 Å². The molecule has 0 aliphatic heterocycles. The van der Waals surface area contributed by atoms with Crippen molar-refractivity contribution < 1.29 is 4.74 Å². The molecule has 0 amide bonds. The molecule has 4 rings (SSSR count). The molecule has 0 bridgehead atoms. The van der Waals surface area contributed by atoms with Crippen LogP contribution in [-0.4, -0.2) is 39.4 Å². The van der Waals surface area contributed by atoms with Gasteiger partial charge in [-0.2, -0.15) is 0 Å². The zero-order chi connectivity index (χ0) is 14.2. The van der Waals surface area contributed by atoms with E-state index in [4.69, 9.17) is 4.74 Å². The molecule has 0 spiro atoms. The first kappa shape index (κ1) is 12.8. The molecule has 0 aliphatic rings. The van der Waals surface area contributed by atoms with E-state index in [1.165, 1.54) is 0 Å². The monoisotopic (exact) mass is 365 g/mol. The summed E-state index contributed by atoms with van der Waals surface area (Å²) in [6.07, 6.45) is 2.00. The van der Waals surface area contributed by atoms with Gasteiger partial charge in [0.25, 0.3) is 0 Å². The number of ether oxygens (including phenoxy) is 1. The average Bonchev–Trinajstić information content (AvgIpc) is 3.20. The SMILES string of the molecule is COc1nc2sccn2c1CNc1cccc2n[se]nc12. The number of hydrogen-bond acceptors (Lipinski definition) is 6. The predicted molar refractivity (Wildman–Crippen MR) is 83.4 cm³/mol. The molecule has 0 atom stereocenters. The number of hydrogen-bond donors (Lipinski definition) is 1. The number of fused-ring (bicyclic) bond motifs is 2. The molecule has 1 aromatic carbocycles. The van der Waals surface area contributed by atoms with Gasteiger partial charge in [0.05, 0.1) is 0 Å². The number of aromatic nitrogens is 4. The summed E-state index contributed by atoms with van der Waals surface area (Å²) >= 11 is 1.57. The van der Waals surface area contributed by atoms with Gasteiger partial charge in [0, 0.05) is 0 Å². The van der Waals surface area contributed by atoms with Crippen LogP contribution in [0.5, 0.6) is 5.88 Å². The van der Waals surface area contributed by atoms with Crippen LogP contribution in [0.4, 0.5) is 5.69 Å². The topological polar surface area (TPSA) is 64.3 Å². The summed E-state index contributed by atoms with van der Waals surface area (Å²) in [7, 11) is 1.65. The van der Waals surface area contributed by atoms with E-state index in [0.717, 1.165) is 27.4 Å². The second-order valence-corrected chi connectivity index (χ2v) is 6.40. The second kappa shape index (κ2) is 5.14. The van der Waals surface area contributed by atoms with Crippen molar-refractivity contribution in [1.82, 2.24) is 17.3 Å². The molecule has 0 saturated carbocycles. The van der Waals surface area contributed by atoms with E-state index in [0.29, 0.717) is 12.4 Å². The van der Waals surface area contributed by atoms with Crippen molar-refractivity contribution in [1.29, 1.82) is 0 Å². The van der Waals surface area contributed by atoms with Gasteiger partial charge in [-0.25, -0.2) is 0 Å². The van der Waals surface area contributed by atoms with Crippen LogP contribution in [0, 0.1) is 0 Å². The van der Waals surface area contributed by atoms with Crippen LogP contribution in [0.1, 0.15) is 5.69 Å². The Labute approximate surface area is 130 Å². The molecule has 3 heterocycles. The molecule has 0 unspecified atom stereocenters. The van der Waals surface area contributed by atoms with E-state index < -0.39 is 0 Å². The van der Waals surface area contributed by atoms with E-state index >= 15 is 0 Å². The van der Waals surface area contributed by atoms with Crippen molar-refractivity contribution >= 4 is 48.0 Å². The Bertz CT molecular complexity index is 912. The molecule has 6 nitrogen and oxygen atoms in total. The van der Waals surface area contributed by atoms with Gasteiger partial charge in [0.15, 0.2) is 0 Å². The molecule has 106 valence electrons. The zero-order valence-electron chi connectivity index (χ0n) is 11.1. The van der Waals surface area contributed by atoms with Crippen LogP contribution in [0.3, 0.4) is 0 Å². The van der Waals surface area contributed by atoms with Gasteiger partial charge in [-0.3, -0.25) is 0 Å². The van der Waals surface area contributed by atoms with Crippen molar-refractivity contribution in [3.8, 4) is 5.88 Å². The minimum atomic E-state index is -0.0188. The molecule has 0 aliphatic carbocycles. The Morgan fingerprint density at radius 2 is 2.33 bits per heavy atom. The Morgan fingerprint density at radius 3 is 3.24 bits per heavy atom. The summed E-state index contributed by atoms with van der Waals surface area (Å²) in [4.78, 5) is 5.39. The number of anilines is 1. The molecule has 0 radical (unpaired) electrons. The fraction of sp³-hybridized carbons (Fsp3) is 0.154. The molecular weight excluding hydrogens is 353 g/mol. The maximum absolute atomic E-state index is 5.37. The summed E-state index contributed by atoms with van der Waals surface area (Å²) < 4.78 is 16.3. The van der Waals surface area contributed by atoms with Crippen LogP contribution < -0.4 is 10.1 Å². The second-order valence-electron chi connectivity index (χ2n) is 4.41. The standard InChI is InChI=1S/C13H11N5OSSe/c1-19-12-10(18-5-6-20-13(18)15-12)7-14-8-3-2-4-9-11(8)17-21-16-9/h2-6,14H,7H2,1H3. The number of nitrogens with one attached hydrogen (secondary N) is 1. The van der Waals surface area contributed by atoms with E-state index in [2.05, 4.69) is 18.3 Å². The van der Waals surface area contributed by atoms with Crippen molar-refractivity contribution in [2.75, 3.05) is 12.4 Å². The van der Waals surface area contributed by atoms with Crippen molar-refractivity contribution in [3.63, 3.8) is 0 Å². The maximum atomic E-state index is 5.37. The average molecular weight is 364 g/mol. The van der Waals surface area contributed by atoms with Crippen molar-refractivity contribution in [2.24, 2.45) is 0 Å². The summed E-state index contributed by atoms with van der Waals surface area (Å²) in [5.41, 5.74) is 3.94. The number of nitrogens with zero attached hydrogens (tertiary/aromatic N) is 4. The summed E-state index contributed by atoms with van der Waals surface area (Å²) in [6.45, 7) is 0.625. The molecule has 3 aromatic heterocycles. The summed E-state index contributed by atoms with van der Waals surface area (Å²) in [6, 6.07) is 6.02. The van der Waals surface area contributed by atoms with Crippen molar-refractivity contribution in [3.05, 3.63) is 35.5 Å². The predicted octanol–water partition coefficient (Wildman–Crippen LogP) is 2.02. The Morgan fingerprint density at radius 1 is 1.38 bits per heavy atom. The van der Waals surface area contributed by atoms with Gasteiger partial charge < -0.3 is 0 Å². The van der Waals surface area contributed by atoms with E-state index in [1.807, 2.05) is 34.2 Å². The molecule has 21 heavy (non-hydrogen) atoms. The minimum absolute atomic E-state index is 0.0188. The number of rotatable bonds is 4. The van der Waals surface area contributed by atoms with E-state index in [-0.39, 0.29) is 15.0 Å². The Hall–Kier alpha value is -1.89. The normalized spacial score (nSPS) is 11.3. The summed E-state index contributed by atoms with van der Waals surface area (Å²) in [5, 5.41) is 5.44. The fourth-order valence-corrected chi connectivity index (χ4v) is 4.14. The molecule has 1 N–H and O–H groups in total. The third kappa shape index (κ3) is 2.12. The van der Waals surface area contributed by atoms with Gasteiger partial charge in [0.1, 0.15) is 0 Å². The third-order valence-electron chi connectivity index (χ3n) is 3.25. The fourth-order valence-electron chi connectivity index (χ4n) is 2.26. The van der Waals surface area contributed by atoms with E-state index in [9.17, 15) is 0 Å². The number of thiazole rings is 1. The Balaban J connectivity index is 1.69. The molecular formula is C13H11N5OSSe. The summed E-state index contributed by atoms with van der Waals surface area (Å²) in [5.74, 6) is 0.660. The molecule has 0 saturated heterocycles.